The lowest BCUT2D eigenvalue weighted by Crippen LogP contribution is -2.23. The van der Waals surface area contributed by atoms with E-state index in [0.717, 1.165) is 33.2 Å². The van der Waals surface area contributed by atoms with Gasteiger partial charge >= 0.3 is 6.09 Å². The van der Waals surface area contributed by atoms with Crippen molar-refractivity contribution in [2.45, 2.75) is 26.3 Å². The molecule has 5 N–H and O–H groups in total. The van der Waals surface area contributed by atoms with Gasteiger partial charge in [0.15, 0.2) is 0 Å². The van der Waals surface area contributed by atoms with Crippen molar-refractivity contribution in [1.82, 2.24) is 19.7 Å². The normalized spacial score (nSPS) is 12.0. The van der Waals surface area contributed by atoms with Crippen LogP contribution in [0.3, 0.4) is 0 Å². The van der Waals surface area contributed by atoms with E-state index < -0.39 is 6.09 Å². The first-order chi connectivity index (χ1) is 12.7. The number of pyridine rings is 1. The van der Waals surface area contributed by atoms with E-state index >= 15 is 0 Å². The molecule has 138 valence electrons. The summed E-state index contributed by atoms with van der Waals surface area (Å²) in [5, 5.41) is 17.9. The molecule has 1 amide bonds. The molecule has 0 aliphatic heterocycles. The third-order valence-electron chi connectivity index (χ3n) is 4.38. The van der Waals surface area contributed by atoms with Crippen LogP contribution in [-0.2, 0) is 5.54 Å². The molecule has 4 rings (SSSR count). The van der Waals surface area contributed by atoms with Crippen LogP contribution in [-0.4, -0.2) is 30.9 Å². The van der Waals surface area contributed by atoms with E-state index in [9.17, 15) is 4.79 Å². The molecule has 0 fully saturated rings. The van der Waals surface area contributed by atoms with Gasteiger partial charge in [0.2, 0.25) is 0 Å². The standard InChI is InChI=1S/C19H20N6O2/c1-19(2,3)25-15-9-21-8-12(20)16(15)17(24-25)14-6-10-4-5-11(22-18(26)27)7-13(10)23-14/h4-9,22-23H,20H2,1-3H3,(H,26,27). The van der Waals surface area contributed by atoms with Crippen LogP contribution in [0.4, 0.5) is 16.2 Å². The molecule has 8 nitrogen and oxygen atoms in total. The van der Waals surface area contributed by atoms with Crippen molar-refractivity contribution in [2.24, 2.45) is 0 Å². The smallest absolute Gasteiger partial charge is 0.409 e. The zero-order valence-electron chi connectivity index (χ0n) is 15.2. The Morgan fingerprint density at radius 1 is 1.26 bits per heavy atom. The number of amides is 1. The number of rotatable bonds is 2. The average molecular weight is 364 g/mol. The number of carboxylic acid groups (broad SMARTS) is 1. The second kappa shape index (κ2) is 5.73. The first-order valence-electron chi connectivity index (χ1n) is 8.50. The molecule has 3 heterocycles. The largest absolute Gasteiger partial charge is 0.465 e. The minimum Gasteiger partial charge on any atom is -0.465 e. The van der Waals surface area contributed by atoms with Gasteiger partial charge in [-0.3, -0.25) is 15.0 Å². The average Bonchev–Trinajstić information content (AvgIpc) is 3.15. The minimum atomic E-state index is -1.10. The number of H-pyrrole nitrogens is 1. The molecule has 0 saturated heterocycles. The van der Waals surface area contributed by atoms with E-state index in [1.807, 2.05) is 16.8 Å². The number of benzene rings is 1. The van der Waals surface area contributed by atoms with Crippen molar-refractivity contribution in [3.8, 4) is 11.4 Å². The van der Waals surface area contributed by atoms with Crippen LogP contribution in [0.1, 0.15) is 20.8 Å². The Hall–Kier alpha value is -3.55. The van der Waals surface area contributed by atoms with Gasteiger partial charge in [-0.05, 0) is 39.0 Å². The number of hydrogen-bond donors (Lipinski definition) is 4. The first kappa shape index (κ1) is 16.9. The summed E-state index contributed by atoms with van der Waals surface area (Å²) in [5.74, 6) is 0. The molecule has 0 radical (unpaired) electrons. The molecule has 0 spiro atoms. The predicted molar refractivity (Wildman–Crippen MR) is 106 cm³/mol. The lowest BCUT2D eigenvalue weighted by Gasteiger charge is -2.20. The van der Waals surface area contributed by atoms with Crippen molar-refractivity contribution < 1.29 is 9.90 Å². The van der Waals surface area contributed by atoms with Crippen molar-refractivity contribution >= 4 is 39.3 Å². The number of fused-ring (bicyclic) bond motifs is 2. The van der Waals surface area contributed by atoms with Crippen LogP contribution >= 0.6 is 0 Å². The van der Waals surface area contributed by atoms with Crippen LogP contribution < -0.4 is 11.1 Å². The highest BCUT2D eigenvalue weighted by molar-refractivity contribution is 6.02. The van der Waals surface area contributed by atoms with Gasteiger partial charge in [0, 0.05) is 16.6 Å². The fraction of sp³-hybridized carbons (Fsp3) is 0.211. The van der Waals surface area contributed by atoms with E-state index in [0.29, 0.717) is 11.4 Å². The second-order valence-corrected chi connectivity index (χ2v) is 7.47. The van der Waals surface area contributed by atoms with Crippen LogP contribution in [0.5, 0.6) is 0 Å². The Balaban J connectivity index is 1.93. The van der Waals surface area contributed by atoms with Gasteiger partial charge in [-0.1, -0.05) is 6.07 Å². The maximum Gasteiger partial charge on any atom is 0.409 e. The van der Waals surface area contributed by atoms with Crippen molar-refractivity contribution in [2.75, 3.05) is 11.1 Å². The zero-order chi connectivity index (χ0) is 19.3. The van der Waals surface area contributed by atoms with Gasteiger partial charge in [0.25, 0.3) is 0 Å². The number of nitrogens with two attached hydrogens (primary N) is 1. The summed E-state index contributed by atoms with van der Waals surface area (Å²) in [6, 6.07) is 7.31. The molecule has 0 aliphatic carbocycles. The fourth-order valence-electron chi connectivity index (χ4n) is 3.24. The molecule has 27 heavy (non-hydrogen) atoms. The van der Waals surface area contributed by atoms with Crippen molar-refractivity contribution in [3.05, 3.63) is 36.7 Å². The van der Waals surface area contributed by atoms with E-state index in [-0.39, 0.29) is 5.54 Å². The van der Waals surface area contributed by atoms with Gasteiger partial charge in [-0.15, -0.1) is 0 Å². The van der Waals surface area contributed by atoms with Gasteiger partial charge in [-0.2, -0.15) is 5.10 Å². The summed E-state index contributed by atoms with van der Waals surface area (Å²) in [4.78, 5) is 18.4. The van der Waals surface area contributed by atoms with E-state index in [1.54, 1.807) is 24.5 Å². The Bertz CT molecular complexity index is 1180. The van der Waals surface area contributed by atoms with E-state index in [2.05, 4.69) is 36.1 Å². The van der Waals surface area contributed by atoms with Crippen LogP contribution in [0, 0.1) is 0 Å². The lowest BCUT2D eigenvalue weighted by molar-refractivity contribution is 0.210. The topological polar surface area (TPSA) is 122 Å². The zero-order valence-corrected chi connectivity index (χ0v) is 15.2. The monoisotopic (exact) mass is 364 g/mol. The third kappa shape index (κ3) is 2.84. The molecule has 1 aromatic carbocycles. The number of aromatic amines is 1. The number of hydrogen-bond acceptors (Lipinski definition) is 4. The molecule has 0 saturated carbocycles. The highest BCUT2D eigenvalue weighted by Gasteiger charge is 2.23. The van der Waals surface area contributed by atoms with Crippen molar-refractivity contribution in [3.63, 3.8) is 0 Å². The molecular weight excluding hydrogens is 344 g/mol. The highest BCUT2D eigenvalue weighted by atomic mass is 16.4. The molecule has 0 unspecified atom stereocenters. The minimum absolute atomic E-state index is 0.240. The maximum atomic E-state index is 10.9. The van der Waals surface area contributed by atoms with Crippen LogP contribution in [0.15, 0.2) is 36.7 Å². The van der Waals surface area contributed by atoms with Crippen molar-refractivity contribution in [1.29, 1.82) is 0 Å². The Morgan fingerprint density at radius 2 is 2.04 bits per heavy atom. The molecule has 8 heteroatoms. The number of carbonyl (C=O) groups is 1. The molecular formula is C19H20N6O2. The molecule has 3 aromatic heterocycles. The Labute approximate surface area is 155 Å². The summed E-state index contributed by atoms with van der Waals surface area (Å²) in [7, 11) is 0. The molecule has 4 aromatic rings. The highest BCUT2D eigenvalue weighted by Crippen LogP contribution is 2.35. The number of nitrogens with zero attached hydrogens (tertiary/aromatic N) is 3. The quantitative estimate of drug-likeness (QED) is 0.428. The van der Waals surface area contributed by atoms with E-state index in [4.69, 9.17) is 15.9 Å². The summed E-state index contributed by atoms with van der Waals surface area (Å²) >= 11 is 0. The summed E-state index contributed by atoms with van der Waals surface area (Å²) < 4.78 is 1.92. The summed E-state index contributed by atoms with van der Waals surface area (Å²) in [5.41, 5.74) is 10.3. The molecule has 0 atom stereocenters. The molecule has 0 bridgehead atoms. The maximum absolute atomic E-state index is 10.9. The van der Waals surface area contributed by atoms with Gasteiger partial charge < -0.3 is 15.8 Å². The van der Waals surface area contributed by atoms with Crippen LogP contribution in [0.2, 0.25) is 0 Å². The number of nitrogens with one attached hydrogen (secondary N) is 2. The molecule has 0 aliphatic rings. The number of anilines is 2. The fourth-order valence-corrected chi connectivity index (χ4v) is 3.24. The first-order valence-corrected chi connectivity index (χ1v) is 8.50. The summed E-state index contributed by atoms with van der Waals surface area (Å²) in [6.07, 6.45) is 2.29. The number of aromatic nitrogens is 4. The number of nitrogen functional groups attached to an aromatic ring is 1. The van der Waals surface area contributed by atoms with Crippen LogP contribution in [0.25, 0.3) is 33.2 Å². The lowest BCUT2D eigenvalue weighted by atomic mass is 10.1. The van der Waals surface area contributed by atoms with Gasteiger partial charge in [-0.25, -0.2) is 4.79 Å². The van der Waals surface area contributed by atoms with Gasteiger partial charge in [0.05, 0.1) is 40.2 Å². The predicted octanol–water partition coefficient (Wildman–Crippen LogP) is 4.01. The summed E-state index contributed by atoms with van der Waals surface area (Å²) in [6.45, 7) is 6.21. The Kier molecular flexibility index (Phi) is 3.59. The second-order valence-electron chi connectivity index (χ2n) is 7.47. The third-order valence-corrected chi connectivity index (χ3v) is 4.38. The van der Waals surface area contributed by atoms with E-state index in [1.165, 1.54) is 0 Å². The SMILES string of the molecule is CC(C)(C)n1nc(-c2cc3ccc(NC(=O)O)cc3[nH]2)c2c(N)cncc21. The van der Waals surface area contributed by atoms with Gasteiger partial charge in [0.1, 0.15) is 5.69 Å². The Morgan fingerprint density at radius 3 is 2.74 bits per heavy atom.